The van der Waals surface area contributed by atoms with Crippen LogP contribution in [0, 0.1) is 0 Å². The highest BCUT2D eigenvalue weighted by Crippen LogP contribution is 2.33. The number of rotatable bonds is 27. The number of pyridine rings is 1. The molecule has 2 aromatic rings. The van der Waals surface area contributed by atoms with Gasteiger partial charge in [-0.2, -0.15) is 0 Å². The van der Waals surface area contributed by atoms with Crippen molar-refractivity contribution in [2.24, 2.45) is 9.98 Å². The second-order valence-electron chi connectivity index (χ2n) is 14.9. The Labute approximate surface area is 354 Å². The molecule has 60 heavy (non-hydrogen) atoms. The van der Waals surface area contributed by atoms with Gasteiger partial charge in [0.1, 0.15) is 12.1 Å². The van der Waals surface area contributed by atoms with Gasteiger partial charge in [-0.3, -0.25) is 33.6 Å². The van der Waals surface area contributed by atoms with Gasteiger partial charge in [-0.1, -0.05) is 18.9 Å². The van der Waals surface area contributed by atoms with Gasteiger partial charge < -0.3 is 35.0 Å². The Morgan fingerprint density at radius 1 is 0.933 bits per heavy atom. The van der Waals surface area contributed by atoms with Crippen molar-refractivity contribution >= 4 is 59.4 Å². The number of hydrogen-bond acceptors (Lipinski definition) is 13. The van der Waals surface area contributed by atoms with Crippen LogP contribution in [0.5, 0.6) is 0 Å². The number of amides is 3. The number of aliphatic imine (C=N–C) groups is 2. The maximum Gasteiger partial charge on any atom is 0.264 e. The number of ether oxygens (including phenoxy) is 3. The second-order valence-corrected chi connectivity index (χ2v) is 16.4. The summed E-state index contributed by atoms with van der Waals surface area (Å²) >= 11 is 0. The second kappa shape index (κ2) is 24.7. The molecule has 3 heterocycles. The summed E-state index contributed by atoms with van der Waals surface area (Å²) in [6.07, 6.45) is 9.07. The average Bonchev–Trinajstić information content (AvgIpc) is 3.89. The molecule has 1 aromatic heterocycles. The van der Waals surface area contributed by atoms with Gasteiger partial charge in [-0.15, -0.1) is 0 Å². The molecule has 1 saturated heterocycles. The molecule has 0 spiro atoms. The number of imide groups is 1. The minimum atomic E-state index is -1.03. The first-order chi connectivity index (χ1) is 29.3. The topological polar surface area (TPSA) is 202 Å². The van der Waals surface area contributed by atoms with Gasteiger partial charge in [0.2, 0.25) is 5.91 Å². The first kappa shape index (κ1) is 46.6. The molecule has 3 aliphatic rings. The lowest BCUT2D eigenvalue weighted by molar-refractivity contribution is -0.121. The van der Waals surface area contributed by atoms with E-state index in [-0.39, 0.29) is 47.5 Å². The van der Waals surface area contributed by atoms with Gasteiger partial charge in [0.25, 0.3) is 17.4 Å². The molecule has 0 bridgehead atoms. The molecule has 1 aliphatic carbocycles. The Kier molecular flexibility index (Phi) is 19.2. The van der Waals surface area contributed by atoms with E-state index in [9.17, 15) is 28.2 Å². The first-order valence-electron chi connectivity index (χ1n) is 21.0. The largest absolute Gasteiger partial charge is 0.382 e. The molecule has 3 N–H and O–H groups in total. The molecule has 2 unspecified atom stereocenters. The van der Waals surface area contributed by atoms with E-state index in [0.29, 0.717) is 76.3 Å². The fourth-order valence-corrected chi connectivity index (χ4v) is 8.92. The number of nitrogens with one attached hydrogen (secondary N) is 3. The van der Waals surface area contributed by atoms with Gasteiger partial charge in [0.05, 0.1) is 73.8 Å². The summed E-state index contributed by atoms with van der Waals surface area (Å²) in [7, 11) is 0.448. The number of carbonyl (C=O) groups excluding carboxylic acids is 4. The predicted octanol–water partition coefficient (Wildman–Crippen LogP) is 2.67. The Balaban J connectivity index is 0.847. The minimum Gasteiger partial charge on any atom is -0.382 e. The molecule has 2 aliphatic heterocycles. The molecule has 17 nitrogen and oxygen atoms in total. The summed E-state index contributed by atoms with van der Waals surface area (Å²) in [6.45, 7) is 9.52. The number of aromatic nitrogens is 1. The molecular formula is C42H60N8O9S. The van der Waals surface area contributed by atoms with Crippen LogP contribution in [0.15, 0.2) is 45.1 Å². The third kappa shape index (κ3) is 13.0. The molecule has 2 fully saturated rings. The quantitative estimate of drug-likeness (QED) is 0.0517. The van der Waals surface area contributed by atoms with Crippen LogP contribution < -0.4 is 21.5 Å². The van der Waals surface area contributed by atoms with Crippen LogP contribution in [0.1, 0.15) is 90.1 Å². The molecule has 1 aromatic carbocycles. The summed E-state index contributed by atoms with van der Waals surface area (Å²) in [4.78, 5) is 72.1. The van der Waals surface area contributed by atoms with Crippen LogP contribution in [0.3, 0.4) is 0 Å². The van der Waals surface area contributed by atoms with E-state index in [0.717, 1.165) is 75.0 Å². The summed E-state index contributed by atoms with van der Waals surface area (Å²) in [5.74, 6) is -0.211. The van der Waals surface area contributed by atoms with Crippen LogP contribution >= 0.6 is 0 Å². The fourth-order valence-electron chi connectivity index (χ4n) is 7.66. The van der Waals surface area contributed by atoms with E-state index in [1.54, 1.807) is 34.9 Å². The normalized spacial score (nSPS) is 17.3. The lowest BCUT2D eigenvalue weighted by Crippen LogP contribution is -2.41. The number of hydrogen-bond donors (Lipinski definition) is 3. The van der Waals surface area contributed by atoms with Crippen molar-refractivity contribution in [1.82, 2.24) is 24.4 Å². The van der Waals surface area contributed by atoms with Gasteiger partial charge in [-0.05, 0) is 70.0 Å². The maximum atomic E-state index is 13.2. The number of nitrogens with zero attached hydrogens (tertiary/aromatic N) is 5. The minimum absolute atomic E-state index is 0.0116. The monoisotopic (exact) mass is 852 g/mol. The van der Waals surface area contributed by atoms with Gasteiger partial charge in [-0.25, -0.2) is 13.5 Å². The SMILES string of the molecule is C=Nc1c(C=NC2CCN(S(=O)CCCNCCOCCOCCOCCNc3cccc4c3C(=O)N(C(C=O)CCC(=O)NC)C4=O)CC2)ccc(=O)n1C1CCCC1. The predicted molar refractivity (Wildman–Crippen MR) is 231 cm³/mol. The smallest absolute Gasteiger partial charge is 0.264 e. The molecule has 328 valence electrons. The molecular weight excluding hydrogens is 793 g/mol. The van der Waals surface area contributed by atoms with Gasteiger partial charge >= 0.3 is 0 Å². The number of piperidine rings is 1. The highest BCUT2D eigenvalue weighted by Gasteiger charge is 2.41. The van der Waals surface area contributed by atoms with Crippen LogP contribution in [-0.2, 0) is 34.8 Å². The molecule has 18 heteroatoms. The molecule has 1 saturated carbocycles. The number of carbonyl (C=O) groups is 4. The Hall–Kier alpha value is -4.46. The highest BCUT2D eigenvalue weighted by atomic mass is 32.2. The van der Waals surface area contributed by atoms with E-state index in [4.69, 9.17) is 19.2 Å². The molecule has 5 rings (SSSR count). The summed E-state index contributed by atoms with van der Waals surface area (Å²) < 4.78 is 33.6. The summed E-state index contributed by atoms with van der Waals surface area (Å²) in [5, 5.41) is 8.95. The van der Waals surface area contributed by atoms with Crippen LogP contribution in [0.25, 0.3) is 0 Å². The summed E-state index contributed by atoms with van der Waals surface area (Å²) in [5.41, 5.74) is 1.66. The third-order valence-corrected chi connectivity index (χ3v) is 12.5. The standard InChI is InChI=1S/C42H60N8O9S/c1-43-37(52)13-12-34(30-51)50-41(54)35-9-5-10-36(39(35)42(50)55)46-19-23-58-25-27-59-26-24-57-22-18-45-17-6-28-60(56)48-20-15-32(16-21-48)47-29-31-11-14-38(53)49(40(31)44-2)33-7-3-4-8-33/h5,9-11,14,29-30,32-34,45-46H,2-4,6-8,12-13,15-28H2,1H3,(H,43,52). The van der Waals surface area contributed by atoms with Crippen molar-refractivity contribution in [3.05, 3.63) is 57.4 Å². The van der Waals surface area contributed by atoms with Crippen LogP contribution in [0.4, 0.5) is 11.5 Å². The fraction of sp³-hybridized carbons (Fsp3) is 0.595. The lowest BCUT2D eigenvalue weighted by atomic mass is 10.1. The zero-order valence-corrected chi connectivity index (χ0v) is 35.5. The van der Waals surface area contributed by atoms with E-state index in [1.165, 1.54) is 7.05 Å². The van der Waals surface area contributed by atoms with Crippen molar-refractivity contribution in [3.63, 3.8) is 0 Å². The van der Waals surface area contributed by atoms with Gasteiger partial charge in [0, 0.05) is 75.0 Å². The van der Waals surface area contributed by atoms with Crippen molar-refractivity contribution in [2.45, 2.75) is 75.9 Å². The van der Waals surface area contributed by atoms with E-state index >= 15 is 0 Å². The lowest BCUT2D eigenvalue weighted by Gasteiger charge is -2.29. The van der Waals surface area contributed by atoms with Gasteiger partial charge in [0.15, 0.2) is 0 Å². The highest BCUT2D eigenvalue weighted by molar-refractivity contribution is 7.82. The number of aldehydes is 1. The van der Waals surface area contributed by atoms with Crippen LogP contribution in [-0.4, -0.2) is 152 Å². The zero-order chi connectivity index (χ0) is 42.7. The number of fused-ring (bicyclic) bond motifs is 1. The number of benzene rings is 1. The number of anilines is 1. The molecule has 2 atom stereocenters. The third-order valence-electron chi connectivity index (χ3n) is 10.9. The van der Waals surface area contributed by atoms with Crippen molar-refractivity contribution in [1.29, 1.82) is 0 Å². The van der Waals surface area contributed by atoms with E-state index in [1.807, 2.05) is 10.5 Å². The Bertz CT molecular complexity index is 1880. The zero-order valence-electron chi connectivity index (χ0n) is 34.6. The molecule has 0 radical (unpaired) electrons. The first-order valence-corrected chi connectivity index (χ1v) is 22.3. The van der Waals surface area contributed by atoms with Crippen LogP contribution in [0.2, 0.25) is 0 Å². The Morgan fingerprint density at radius 3 is 2.32 bits per heavy atom. The average molecular weight is 853 g/mol. The van der Waals surface area contributed by atoms with E-state index in [2.05, 4.69) is 27.7 Å². The summed E-state index contributed by atoms with van der Waals surface area (Å²) in [6, 6.07) is 7.57. The van der Waals surface area contributed by atoms with E-state index < -0.39 is 28.8 Å². The van der Waals surface area contributed by atoms with Crippen molar-refractivity contribution in [2.75, 3.05) is 90.5 Å². The van der Waals surface area contributed by atoms with Crippen molar-refractivity contribution < 1.29 is 37.6 Å². The Morgan fingerprint density at radius 2 is 1.63 bits per heavy atom. The van der Waals surface area contributed by atoms with Crippen molar-refractivity contribution in [3.8, 4) is 0 Å². The maximum absolute atomic E-state index is 13.2. The molecule has 3 amide bonds.